The maximum atomic E-state index is 12.5. The van der Waals surface area contributed by atoms with Crippen molar-refractivity contribution in [2.24, 2.45) is 0 Å². The number of hydrogen-bond donors (Lipinski definition) is 1. The van der Waals surface area contributed by atoms with Gasteiger partial charge < -0.3 is 14.8 Å². The molecule has 7 nitrogen and oxygen atoms in total. The summed E-state index contributed by atoms with van der Waals surface area (Å²) in [5, 5.41) is 2.63. The lowest BCUT2D eigenvalue weighted by atomic mass is 10.2. The summed E-state index contributed by atoms with van der Waals surface area (Å²) in [7, 11) is -0.478. The van der Waals surface area contributed by atoms with Gasteiger partial charge in [0.15, 0.2) is 0 Å². The van der Waals surface area contributed by atoms with Gasteiger partial charge >= 0.3 is 0 Å². The molecular weight excluding hydrogens is 344 g/mol. The molecule has 0 aromatic heterocycles. The molecule has 142 valence electrons. The predicted octanol–water partition coefficient (Wildman–Crippen LogP) is 1.88. The van der Waals surface area contributed by atoms with E-state index in [0.717, 1.165) is 0 Å². The van der Waals surface area contributed by atoms with E-state index in [4.69, 9.17) is 9.47 Å². The molecule has 25 heavy (non-hydrogen) atoms. The van der Waals surface area contributed by atoms with Crippen LogP contribution in [0.2, 0.25) is 0 Å². The van der Waals surface area contributed by atoms with Crippen molar-refractivity contribution in [2.45, 2.75) is 39.8 Å². The molecule has 0 saturated heterocycles. The van der Waals surface area contributed by atoms with Gasteiger partial charge in [0, 0.05) is 24.7 Å². The second kappa shape index (κ2) is 9.05. The van der Waals surface area contributed by atoms with Crippen molar-refractivity contribution < 1.29 is 22.7 Å². The number of rotatable bonds is 9. The Balaban J connectivity index is 2.77. The Morgan fingerprint density at radius 1 is 1.12 bits per heavy atom. The molecule has 1 amide bonds. The van der Waals surface area contributed by atoms with Crippen LogP contribution in [0.3, 0.4) is 0 Å². The Kier molecular flexibility index (Phi) is 7.69. The fourth-order valence-electron chi connectivity index (χ4n) is 2.72. The van der Waals surface area contributed by atoms with Crippen LogP contribution in [0.15, 0.2) is 18.2 Å². The Hall–Kier alpha value is -1.80. The van der Waals surface area contributed by atoms with E-state index in [1.54, 1.807) is 18.2 Å². The quantitative estimate of drug-likeness (QED) is 0.715. The van der Waals surface area contributed by atoms with Crippen LogP contribution in [0.1, 0.15) is 38.1 Å². The summed E-state index contributed by atoms with van der Waals surface area (Å²) in [6.45, 7) is 7.35. The third kappa shape index (κ3) is 5.61. The molecule has 0 saturated carbocycles. The van der Waals surface area contributed by atoms with Crippen LogP contribution in [-0.4, -0.2) is 57.2 Å². The number of amides is 1. The number of benzene rings is 1. The van der Waals surface area contributed by atoms with Gasteiger partial charge in [0.2, 0.25) is 10.0 Å². The van der Waals surface area contributed by atoms with Gasteiger partial charge in [-0.25, -0.2) is 8.42 Å². The van der Waals surface area contributed by atoms with Crippen molar-refractivity contribution in [3.63, 3.8) is 0 Å². The topological polar surface area (TPSA) is 84.9 Å². The molecule has 1 aromatic carbocycles. The van der Waals surface area contributed by atoms with Gasteiger partial charge in [0.1, 0.15) is 11.5 Å². The van der Waals surface area contributed by atoms with E-state index in [1.165, 1.54) is 18.5 Å². The highest BCUT2D eigenvalue weighted by molar-refractivity contribution is 7.89. The smallest absolute Gasteiger partial charge is 0.255 e. The second-order valence-electron chi connectivity index (χ2n) is 6.16. The van der Waals surface area contributed by atoms with Crippen molar-refractivity contribution in [1.29, 1.82) is 0 Å². The summed E-state index contributed by atoms with van der Waals surface area (Å²) in [5.74, 6) is 0.384. The van der Waals surface area contributed by atoms with E-state index < -0.39 is 15.9 Å². The maximum absolute atomic E-state index is 12.5. The molecule has 8 heteroatoms. The Morgan fingerprint density at radius 2 is 1.72 bits per heavy atom. The molecular formula is C17H28N2O5S. The van der Waals surface area contributed by atoms with E-state index in [9.17, 15) is 13.2 Å². The van der Waals surface area contributed by atoms with Gasteiger partial charge in [-0.15, -0.1) is 0 Å². The lowest BCUT2D eigenvalue weighted by Crippen LogP contribution is -2.45. The molecule has 0 unspecified atom stereocenters. The molecule has 1 N–H and O–H groups in total. The first-order valence-corrected chi connectivity index (χ1v) is 9.76. The third-order valence-electron chi connectivity index (χ3n) is 3.64. The van der Waals surface area contributed by atoms with Gasteiger partial charge in [0.05, 0.1) is 25.5 Å². The molecule has 0 aliphatic rings. The molecule has 0 atom stereocenters. The van der Waals surface area contributed by atoms with E-state index in [1.807, 2.05) is 27.7 Å². The molecule has 0 bridgehead atoms. The normalized spacial score (nSPS) is 11.9. The van der Waals surface area contributed by atoms with E-state index >= 15 is 0 Å². The maximum Gasteiger partial charge on any atom is 0.255 e. The third-order valence-corrected chi connectivity index (χ3v) is 5.84. The summed E-state index contributed by atoms with van der Waals surface area (Å²) < 4.78 is 36.7. The first-order valence-electron chi connectivity index (χ1n) is 8.15. The molecule has 0 radical (unpaired) electrons. The van der Waals surface area contributed by atoms with Gasteiger partial charge in [-0.05, 0) is 39.8 Å². The minimum atomic E-state index is -3.46. The van der Waals surface area contributed by atoms with Crippen LogP contribution < -0.4 is 14.8 Å². The lowest BCUT2D eigenvalue weighted by Gasteiger charge is -2.29. The van der Waals surface area contributed by atoms with Crippen LogP contribution in [0.4, 0.5) is 0 Å². The number of hydrogen-bond acceptors (Lipinski definition) is 5. The van der Waals surface area contributed by atoms with E-state index in [-0.39, 0.29) is 24.4 Å². The monoisotopic (exact) mass is 372 g/mol. The first kappa shape index (κ1) is 21.2. The van der Waals surface area contributed by atoms with Gasteiger partial charge in [0.25, 0.3) is 5.91 Å². The van der Waals surface area contributed by atoms with Crippen molar-refractivity contribution in [3.05, 3.63) is 23.8 Å². The van der Waals surface area contributed by atoms with Gasteiger partial charge in [-0.3, -0.25) is 4.79 Å². The van der Waals surface area contributed by atoms with Crippen LogP contribution in [-0.2, 0) is 10.0 Å². The zero-order chi connectivity index (χ0) is 19.2. The molecule has 0 fully saturated rings. The van der Waals surface area contributed by atoms with Gasteiger partial charge in [-0.2, -0.15) is 4.31 Å². The average Bonchev–Trinajstić information content (AvgIpc) is 2.52. The SMILES string of the molecule is COc1ccc(C(=O)NCCS(=O)(=O)N(C(C)C)C(C)C)c(OC)c1. The fourth-order valence-corrected chi connectivity index (χ4v) is 4.57. The minimum Gasteiger partial charge on any atom is -0.497 e. The zero-order valence-corrected chi connectivity index (χ0v) is 16.5. The first-order chi connectivity index (χ1) is 11.6. The summed E-state index contributed by atoms with van der Waals surface area (Å²) in [4.78, 5) is 12.3. The number of ether oxygens (including phenoxy) is 2. The number of sulfonamides is 1. The number of nitrogens with zero attached hydrogens (tertiary/aromatic N) is 1. The summed E-state index contributed by atoms with van der Waals surface area (Å²) in [6.07, 6.45) is 0. The lowest BCUT2D eigenvalue weighted by molar-refractivity contribution is 0.0953. The standard InChI is InChI=1S/C17H28N2O5S/c1-12(2)19(13(3)4)25(21,22)10-9-18-17(20)15-8-7-14(23-5)11-16(15)24-6/h7-8,11-13H,9-10H2,1-6H3,(H,18,20). The minimum absolute atomic E-state index is 0.0201. The predicted molar refractivity (Wildman–Crippen MR) is 97.8 cm³/mol. The largest absolute Gasteiger partial charge is 0.497 e. The Labute approximate surface area is 150 Å². The summed E-state index contributed by atoms with van der Waals surface area (Å²) in [6, 6.07) is 4.55. The van der Waals surface area contributed by atoms with Crippen molar-refractivity contribution in [3.8, 4) is 11.5 Å². The van der Waals surface area contributed by atoms with Crippen molar-refractivity contribution >= 4 is 15.9 Å². The van der Waals surface area contributed by atoms with Crippen molar-refractivity contribution in [1.82, 2.24) is 9.62 Å². The number of methoxy groups -OCH3 is 2. The van der Waals surface area contributed by atoms with Crippen LogP contribution in [0, 0.1) is 0 Å². The van der Waals surface area contributed by atoms with Crippen LogP contribution in [0.25, 0.3) is 0 Å². The summed E-state index contributed by atoms with van der Waals surface area (Å²) >= 11 is 0. The zero-order valence-electron chi connectivity index (χ0n) is 15.7. The molecule has 0 heterocycles. The number of carbonyl (C=O) groups is 1. The van der Waals surface area contributed by atoms with Crippen LogP contribution >= 0.6 is 0 Å². The molecule has 1 aromatic rings. The Morgan fingerprint density at radius 3 is 2.20 bits per heavy atom. The number of carbonyl (C=O) groups excluding carboxylic acids is 1. The fraction of sp³-hybridized carbons (Fsp3) is 0.588. The average molecular weight is 372 g/mol. The van der Waals surface area contributed by atoms with Gasteiger partial charge in [-0.1, -0.05) is 0 Å². The second-order valence-corrected chi connectivity index (χ2v) is 8.15. The number of nitrogens with one attached hydrogen (secondary N) is 1. The van der Waals surface area contributed by atoms with E-state index in [2.05, 4.69) is 5.32 Å². The summed E-state index contributed by atoms with van der Waals surface area (Å²) in [5.41, 5.74) is 0.324. The molecule has 0 aliphatic heterocycles. The molecule has 0 spiro atoms. The van der Waals surface area contributed by atoms with E-state index in [0.29, 0.717) is 17.1 Å². The highest BCUT2D eigenvalue weighted by atomic mass is 32.2. The molecule has 1 rings (SSSR count). The molecule has 0 aliphatic carbocycles. The highest BCUT2D eigenvalue weighted by Crippen LogP contribution is 2.24. The van der Waals surface area contributed by atoms with Crippen LogP contribution in [0.5, 0.6) is 11.5 Å². The highest BCUT2D eigenvalue weighted by Gasteiger charge is 2.27. The Bertz CT molecular complexity index is 678. The van der Waals surface area contributed by atoms with Crippen molar-refractivity contribution in [2.75, 3.05) is 26.5 Å².